The van der Waals surface area contributed by atoms with Crippen LogP contribution in [0.15, 0.2) is 0 Å². The highest BCUT2D eigenvalue weighted by atomic mass is 32.3. The molecule has 71 heavy (non-hydrogen) atoms. The highest BCUT2D eigenvalue weighted by Crippen LogP contribution is 2.36. The Balaban J connectivity index is 1.74. The fraction of sp³-hybridized carbons (Fsp3) is 0.879. The molecule has 0 saturated carbocycles. The fourth-order valence-corrected chi connectivity index (χ4v) is 8.66. The first-order valence-corrected chi connectivity index (χ1v) is 24.8. The molecule has 0 unspecified atom stereocenters. The monoisotopic (exact) mass is 1100 g/mol. The van der Waals surface area contributed by atoms with Crippen molar-refractivity contribution in [1.82, 2.24) is 10.6 Å². The lowest BCUT2D eigenvalue weighted by Crippen LogP contribution is -2.70. The Bertz CT molecular complexity index is 2160. The van der Waals surface area contributed by atoms with Crippen molar-refractivity contribution in [3.8, 4) is 0 Å². The minimum Gasteiger partial charge on any atom is -0.479 e. The highest BCUT2D eigenvalue weighted by Gasteiger charge is 2.59. The third-order valence-electron chi connectivity index (χ3n) is 10.7. The van der Waals surface area contributed by atoms with Gasteiger partial charge in [-0.3, -0.25) is 23.2 Å². The maximum absolute atomic E-state index is 12.9. The Kier molecular flexibility index (Phi) is 21.6. The molecule has 0 spiro atoms. The van der Waals surface area contributed by atoms with Gasteiger partial charge in [0.2, 0.25) is 11.8 Å². The van der Waals surface area contributed by atoms with E-state index < -0.39 is 191 Å². The van der Waals surface area contributed by atoms with E-state index in [0.29, 0.717) is 25.8 Å². The first-order chi connectivity index (χ1) is 32.8. The summed E-state index contributed by atoms with van der Waals surface area (Å²) in [7, 11) is -16.6. The van der Waals surface area contributed by atoms with E-state index in [1.807, 2.05) is 0 Å². The minimum absolute atomic E-state index is 0.123. The number of nitrogens with one attached hydrogen (secondary N) is 2. The van der Waals surface area contributed by atoms with Gasteiger partial charge < -0.3 is 95.1 Å². The Morgan fingerprint density at radius 1 is 0.521 bits per heavy atom. The molecule has 15 N–H and O–H groups in total. The number of unbranched alkanes of at least 4 members (excludes halogenated alkanes) is 2. The summed E-state index contributed by atoms with van der Waals surface area (Å²) < 4.78 is 157. The van der Waals surface area contributed by atoms with Crippen molar-refractivity contribution in [2.75, 3.05) is 26.4 Å². The molecule has 38 heteroatoms. The van der Waals surface area contributed by atoms with E-state index in [9.17, 15) is 98.9 Å². The molecule has 0 bridgehead atoms. The third kappa shape index (κ3) is 17.0. The molecule has 4 heterocycles. The number of aliphatic hydroxyl groups is 6. The van der Waals surface area contributed by atoms with Gasteiger partial charge in [-0.15, -0.1) is 0 Å². The fourth-order valence-electron chi connectivity index (χ4n) is 7.57. The molecule has 4 rings (SSSR count). The second kappa shape index (κ2) is 25.4. The number of carbonyl (C=O) groups is 4. The molecule has 4 aliphatic rings. The van der Waals surface area contributed by atoms with Gasteiger partial charge in [-0.1, -0.05) is 0 Å². The van der Waals surface area contributed by atoms with Crippen LogP contribution in [0.3, 0.4) is 0 Å². The summed E-state index contributed by atoms with van der Waals surface area (Å²) in [6, 6.07) is -3.83. The van der Waals surface area contributed by atoms with Crippen molar-refractivity contribution in [3.05, 3.63) is 0 Å². The minimum atomic E-state index is -5.83. The molecule has 20 atom stereocenters. The summed E-state index contributed by atoms with van der Waals surface area (Å²) in [5.41, 5.74) is 5.50. The van der Waals surface area contributed by atoms with Crippen molar-refractivity contribution >= 4 is 54.9 Å². The van der Waals surface area contributed by atoms with Crippen molar-refractivity contribution in [2.45, 2.75) is 156 Å². The standard InChI is InChI=1S/C33H55N3O32S3/c1-10(37)35-14-16(39)23(12(8-59-69(49,50)51)61-30(14)58-7-5-3-4-6-34)64-33-26(68-71(55,56)57)21(44)24(27(67-33)29(47)48)65-31-15(36-11(2)38)17(40)22(13(62-31)9-60-70(52,53)54)63-32-20(43)18(41)19(42)25(66-32)28(45)46/h12-27,30-33,39-44H,3-9,34H2,1-2H3,(H,35,37)(H,36,38)(H,45,46)(H,47,48)(H,49,50,51)(H,52,53,54)(H,55,56,57)/t12-,13-,14-,15-,16-,17-,18+,19+,20-,21+,22-,23-,24+,25-,26-,27-,30+,31-,32-,33-/m1/s1. The molecular weight excluding hydrogens is 1050 g/mol. The lowest BCUT2D eigenvalue weighted by atomic mass is 9.94. The molecule has 0 aromatic heterocycles. The second-order valence-electron chi connectivity index (χ2n) is 15.9. The van der Waals surface area contributed by atoms with Gasteiger partial charge in [-0.05, 0) is 25.8 Å². The van der Waals surface area contributed by atoms with Crippen LogP contribution in [0.25, 0.3) is 0 Å². The van der Waals surface area contributed by atoms with E-state index in [1.54, 1.807) is 0 Å². The van der Waals surface area contributed by atoms with Gasteiger partial charge in [0.1, 0.15) is 79.2 Å². The van der Waals surface area contributed by atoms with Crippen LogP contribution in [0.1, 0.15) is 33.1 Å². The van der Waals surface area contributed by atoms with Crippen LogP contribution in [0.5, 0.6) is 0 Å². The zero-order valence-corrected chi connectivity index (χ0v) is 39.2. The SMILES string of the molecule is CC(=O)N[C@H]1[C@@H](O[C@H]2[C@H](O)[C@@H](OS(=O)(=O)O)[C@H](O[C@H]3[C@H](O)[C@@H](NC(C)=O)[C@@H](OCCCCCN)O[C@@H]3COS(=O)(=O)O)O[C@H]2C(=O)O)O[C@H](COS(=O)(=O)O)[C@@H](O[C@@H]2O[C@@H](C(=O)O)[C@@H](O)[C@H](O)[C@H]2O)[C@@H]1O. The Hall–Kier alpha value is -3.11. The van der Waals surface area contributed by atoms with Crippen LogP contribution >= 0.6 is 0 Å². The third-order valence-corrected chi connectivity index (χ3v) is 12.0. The van der Waals surface area contributed by atoms with Crippen molar-refractivity contribution in [3.63, 3.8) is 0 Å². The van der Waals surface area contributed by atoms with Gasteiger partial charge in [-0.25, -0.2) is 22.1 Å². The Labute approximate surface area is 402 Å². The van der Waals surface area contributed by atoms with Crippen LogP contribution in [0, 0.1) is 0 Å². The number of aliphatic hydroxyl groups excluding tert-OH is 6. The number of carbonyl (C=O) groups excluding carboxylic acids is 2. The van der Waals surface area contributed by atoms with Gasteiger partial charge in [0.15, 0.2) is 43.5 Å². The lowest BCUT2D eigenvalue weighted by molar-refractivity contribution is -0.369. The topological polar surface area (TPSA) is 545 Å². The molecule has 0 aromatic carbocycles. The number of rotatable bonds is 24. The largest absolute Gasteiger partial charge is 0.479 e. The van der Waals surface area contributed by atoms with Crippen LogP contribution < -0.4 is 16.4 Å². The number of amides is 2. The summed E-state index contributed by atoms with van der Waals surface area (Å²) in [5, 5.41) is 90.2. The first kappa shape index (κ1) is 60.4. The molecule has 2 amide bonds. The van der Waals surface area contributed by atoms with Gasteiger partial charge in [0.05, 0.1) is 13.2 Å². The number of carboxylic acids is 2. The normalized spacial score (nSPS) is 38.3. The zero-order chi connectivity index (χ0) is 53.5. The lowest BCUT2D eigenvalue weighted by Gasteiger charge is -2.50. The van der Waals surface area contributed by atoms with E-state index in [-0.39, 0.29) is 6.61 Å². The predicted molar refractivity (Wildman–Crippen MR) is 216 cm³/mol. The highest BCUT2D eigenvalue weighted by molar-refractivity contribution is 7.81. The number of carboxylic acid groups (broad SMARTS) is 2. The van der Waals surface area contributed by atoms with Crippen LogP contribution in [-0.2, 0) is 101 Å². The van der Waals surface area contributed by atoms with E-state index >= 15 is 0 Å². The van der Waals surface area contributed by atoms with Crippen molar-refractivity contribution in [2.24, 2.45) is 5.73 Å². The first-order valence-electron chi connectivity index (χ1n) is 20.7. The number of hydrogen-bond acceptors (Lipinski definition) is 28. The molecule has 0 aromatic rings. The molecule has 4 fully saturated rings. The zero-order valence-electron chi connectivity index (χ0n) is 36.8. The number of ether oxygens (including phenoxy) is 8. The summed E-state index contributed by atoms with van der Waals surface area (Å²) >= 11 is 0. The van der Waals surface area contributed by atoms with E-state index in [1.165, 1.54) is 0 Å². The number of aliphatic carboxylic acids is 2. The van der Waals surface area contributed by atoms with Crippen molar-refractivity contribution in [1.29, 1.82) is 0 Å². The van der Waals surface area contributed by atoms with E-state index in [0.717, 1.165) is 13.8 Å². The van der Waals surface area contributed by atoms with Gasteiger partial charge in [-0.2, -0.15) is 25.3 Å². The molecule has 4 saturated heterocycles. The van der Waals surface area contributed by atoms with E-state index in [2.05, 4.69) is 23.2 Å². The van der Waals surface area contributed by atoms with Crippen molar-refractivity contribution < 1.29 is 149 Å². The molecule has 412 valence electrons. The smallest absolute Gasteiger partial charge is 0.397 e. The summed E-state index contributed by atoms with van der Waals surface area (Å²) in [5.74, 6) is -5.97. The average Bonchev–Trinajstić information content (AvgIpc) is 3.24. The molecule has 4 aliphatic heterocycles. The van der Waals surface area contributed by atoms with Crippen LogP contribution in [0.2, 0.25) is 0 Å². The maximum Gasteiger partial charge on any atom is 0.397 e. The van der Waals surface area contributed by atoms with Gasteiger partial charge in [0, 0.05) is 20.5 Å². The second-order valence-corrected chi connectivity index (χ2v) is 19.2. The molecule has 0 radical (unpaired) electrons. The Morgan fingerprint density at radius 3 is 1.45 bits per heavy atom. The maximum atomic E-state index is 12.9. The number of nitrogens with two attached hydrogens (primary N) is 1. The summed E-state index contributed by atoms with van der Waals surface area (Å²) in [6.07, 6.45) is -41.2. The van der Waals surface area contributed by atoms with Crippen LogP contribution in [-0.4, -0.2) is 253 Å². The molecular formula is C33H55N3O32S3. The summed E-state index contributed by atoms with van der Waals surface area (Å²) in [4.78, 5) is 49.4. The predicted octanol–water partition coefficient (Wildman–Crippen LogP) is -8.64. The Morgan fingerprint density at radius 2 is 0.986 bits per heavy atom. The van der Waals surface area contributed by atoms with Crippen LogP contribution in [0.4, 0.5) is 0 Å². The summed E-state index contributed by atoms with van der Waals surface area (Å²) in [6.45, 7) is -0.732. The number of hydrogen-bond donors (Lipinski definition) is 14. The van der Waals surface area contributed by atoms with Gasteiger partial charge >= 0.3 is 43.1 Å². The molecule has 35 nitrogen and oxygen atoms in total. The molecule has 0 aliphatic carbocycles. The quantitative estimate of drug-likeness (QED) is 0.0315. The average molecular weight is 1100 g/mol. The van der Waals surface area contributed by atoms with Gasteiger partial charge in [0.25, 0.3) is 0 Å². The van der Waals surface area contributed by atoms with E-state index in [4.69, 9.17) is 43.6 Å².